The molecule has 0 spiro atoms. The molecule has 0 amide bonds. The van der Waals surface area contributed by atoms with Crippen LogP contribution in [0.1, 0.15) is 137 Å². The van der Waals surface area contributed by atoms with Crippen molar-refractivity contribution in [3.05, 3.63) is 198 Å². The smallest absolute Gasteiger partial charge is 0.135 e. The van der Waals surface area contributed by atoms with Gasteiger partial charge >= 0.3 is 0 Å². The van der Waals surface area contributed by atoms with Crippen LogP contribution in [0.15, 0.2) is 152 Å². The Hall–Kier alpha value is -6.42. The number of nitrogens with zero attached hydrogens (tertiary/aromatic N) is 4. The van der Waals surface area contributed by atoms with E-state index < -0.39 is 58.9 Å². The number of anilines is 4. The predicted molar refractivity (Wildman–Crippen MR) is 306 cm³/mol. The molecule has 5 nitrogen and oxygen atoms in total. The molecule has 0 unspecified atom stereocenters. The molecule has 0 fully saturated rings. The van der Waals surface area contributed by atoms with Crippen molar-refractivity contribution in [2.75, 3.05) is 9.80 Å². The van der Waals surface area contributed by atoms with Crippen LogP contribution < -0.4 is 14.5 Å². The maximum Gasteiger partial charge on any atom is 0.135 e. The van der Waals surface area contributed by atoms with Gasteiger partial charge < -0.3 is 19.1 Å². The predicted octanol–water partition coefficient (Wildman–Crippen LogP) is 18.4. The second-order valence-corrected chi connectivity index (χ2v) is 22.0. The van der Waals surface area contributed by atoms with Crippen molar-refractivity contribution in [1.82, 2.24) is 9.55 Å². The molecule has 1 aliphatic carbocycles. The van der Waals surface area contributed by atoms with Crippen molar-refractivity contribution in [1.29, 1.82) is 0 Å². The zero-order chi connectivity index (χ0) is 64.2. The van der Waals surface area contributed by atoms with E-state index in [-0.39, 0.29) is 119 Å². The van der Waals surface area contributed by atoms with Gasteiger partial charge in [0.05, 0.1) is 13.7 Å². The molecule has 7 aromatic carbocycles. The Morgan fingerprint density at radius 2 is 1.42 bits per heavy atom. The first-order chi connectivity index (χ1) is 40.9. The van der Waals surface area contributed by atoms with Crippen LogP contribution >= 0.6 is 0 Å². The van der Waals surface area contributed by atoms with Crippen molar-refractivity contribution < 1.29 is 46.4 Å². The van der Waals surface area contributed by atoms with Gasteiger partial charge in [-0.05, 0) is 128 Å². The third kappa shape index (κ3) is 9.62. The molecule has 2 aliphatic rings. The average Bonchev–Trinajstić information content (AvgIpc) is 1.69. The minimum atomic E-state index is -2.57. The molecular formula is C68H69N4OPt-3. The van der Waals surface area contributed by atoms with E-state index in [9.17, 15) is 11.0 Å². The van der Waals surface area contributed by atoms with Crippen molar-refractivity contribution in [2.45, 2.75) is 118 Å². The molecule has 9 aromatic rings. The summed E-state index contributed by atoms with van der Waals surface area (Å²) in [6.07, 6.45) is -1.39. The normalized spacial score (nSPS) is 18.4. The molecule has 380 valence electrons. The molecule has 3 heterocycles. The van der Waals surface area contributed by atoms with E-state index in [2.05, 4.69) is 31.0 Å². The van der Waals surface area contributed by atoms with Crippen molar-refractivity contribution in [2.24, 2.45) is 11.8 Å². The van der Waals surface area contributed by atoms with Crippen LogP contribution in [-0.2, 0) is 50.1 Å². The van der Waals surface area contributed by atoms with Crippen molar-refractivity contribution in [3.63, 3.8) is 0 Å². The fourth-order valence-corrected chi connectivity index (χ4v) is 10.0. The van der Waals surface area contributed by atoms with E-state index in [0.29, 0.717) is 55.9 Å². The van der Waals surface area contributed by atoms with Gasteiger partial charge in [0, 0.05) is 79.3 Å². The quantitative estimate of drug-likeness (QED) is 0.121. The average molecular weight is 1170 g/mol. The van der Waals surface area contributed by atoms with Crippen LogP contribution in [0.3, 0.4) is 0 Å². The monoisotopic (exact) mass is 1170 g/mol. The van der Waals surface area contributed by atoms with Gasteiger partial charge in [0.1, 0.15) is 5.82 Å². The Morgan fingerprint density at radius 3 is 2.16 bits per heavy atom. The van der Waals surface area contributed by atoms with Crippen LogP contribution in [0.4, 0.5) is 22.7 Å². The number of hydrogen-bond donors (Lipinski definition) is 0. The number of ether oxygens (including phenoxy) is 1. The second kappa shape index (κ2) is 19.7. The SMILES string of the molecule is [2H]c1c([2H])c2c(c([2H])c1-c1cccc(-c3c([2H])c(C(C)(C)C)c([2H])c(C([2H])([2H])C([2H])(C)C)c3[2H])c1N1[CH-]N(c3[c-]c(Oc4[c-]c5c(cc4)c4c([2H])c([2H])c([2H])c([2H])c4n5-c4cc(C([2H])([2H])C(C)C)ccn4)ccc3)c3ccccc31)C(C)(C)CCC2(C)C.[Pt]. The van der Waals surface area contributed by atoms with E-state index in [1.165, 1.54) is 20.0 Å². The summed E-state index contributed by atoms with van der Waals surface area (Å²) < 4.78 is 149. The van der Waals surface area contributed by atoms with Gasteiger partial charge in [-0.15, -0.1) is 48.1 Å². The number of para-hydroxylation sites is 4. The second-order valence-electron chi connectivity index (χ2n) is 22.0. The van der Waals surface area contributed by atoms with Crippen LogP contribution in [0.2, 0.25) is 0 Å². The van der Waals surface area contributed by atoms with E-state index in [1.807, 2.05) is 74.8 Å². The van der Waals surface area contributed by atoms with Gasteiger partial charge in [-0.25, -0.2) is 4.98 Å². The maximum atomic E-state index is 10.2. The van der Waals surface area contributed by atoms with Gasteiger partial charge in [0.2, 0.25) is 0 Å². The molecule has 74 heavy (non-hydrogen) atoms. The zero-order valence-electron chi connectivity index (χ0n) is 58.7. The summed E-state index contributed by atoms with van der Waals surface area (Å²) in [7, 11) is 0. The fraction of sp³-hybridized carbons (Fsp3) is 0.294. The summed E-state index contributed by atoms with van der Waals surface area (Å²) in [5.41, 5.74) is 2.68. The number of fused-ring (bicyclic) bond motifs is 5. The molecule has 11 rings (SSSR count). The Morgan fingerprint density at radius 1 is 0.716 bits per heavy atom. The first kappa shape index (κ1) is 35.7. The molecule has 0 bridgehead atoms. The van der Waals surface area contributed by atoms with Gasteiger partial charge in [-0.1, -0.05) is 166 Å². The molecule has 0 N–H and O–H groups in total. The standard InChI is InChI=1S/C68H69N4O.Pt/c1-44(2)34-46-30-33-69-64(38-46)72-60-23-13-12-20-56(60)57-28-27-53(42-63(57)72)73-52-19-16-18-51(41-52)70-43-71(62-25-15-14-24-61(62)70)65-54(48-26-29-58-59(40-48)68(10,11)32-31-67(58,8)9)21-17-22-55(65)49-36-47(35-45(3)4)37-50(39-49)66(5,6)7;/h12-30,33,36-40,43-45H,31-32,34-35H2,1-11H3;/q-3;/i12D,13D,20D,23D,26D,29D,34D2,35D2,36D,37D,39D,40D,45D;. The van der Waals surface area contributed by atoms with E-state index in [1.54, 1.807) is 79.7 Å². The minimum absolute atomic E-state index is 0. The third-order valence-electron chi connectivity index (χ3n) is 13.8. The summed E-state index contributed by atoms with van der Waals surface area (Å²) in [6.45, 7) is 21.8. The number of pyridine rings is 1. The number of aromatic nitrogens is 2. The first-order valence-corrected chi connectivity index (χ1v) is 25.0. The van der Waals surface area contributed by atoms with E-state index >= 15 is 0 Å². The van der Waals surface area contributed by atoms with Crippen molar-refractivity contribution in [3.8, 4) is 39.6 Å². The van der Waals surface area contributed by atoms with E-state index in [4.69, 9.17) is 14.3 Å². The molecule has 0 radical (unpaired) electrons. The number of rotatable bonds is 11. The van der Waals surface area contributed by atoms with Crippen LogP contribution in [0.5, 0.6) is 11.5 Å². The molecule has 6 heteroatoms. The summed E-state index contributed by atoms with van der Waals surface area (Å²) in [6, 6.07) is 28.8. The molecule has 0 atom stereocenters. The Bertz CT molecular complexity index is 4390. The van der Waals surface area contributed by atoms with Crippen LogP contribution in [0, 0.1) is 30.6 Å². The van der Waals surface area contributed by atoms with E-state index in [0.717, 1.165) is 12.8 Å². The van der Waals surface area contributed by atoms with Crippen molar-refractivity contribution >= 4 is 44.6 Å². The van der Waals surface area contributed by atoms with Gasteiger partial charge in [0.25, 0.3) is 0 Å². The number of hydrogen-bond acceptors (Lipinski definition) is 4. The topological polar surface area (TPSA) is 33.5 Å². The zero-order valence-corrected chi connectivity index (χ0v) is 46.0. The molecular weight excluding hydrogens is 1080 g/mol. The Balaban J connectivity index is 0.00000873. The molecule has 0 saturated heterocycles. The van der Waals surface area contributed by atoms with Gasteiger partial charge in [-0.2, -0.15) is 12.1 Å². The first-order valence-electron chi connectivity index (χ1n) is 32.5. The summed E-state index contributed by atoms with van der Waals surface area (Å²) in [5, 5.41) is 0.659. The Labute approximate surface area is 476 Å². The fourth-order valence-electron chi connectivity index (χ4n) is 10.0. The summed E-state index contributed by atoms with van der Waals surface area (Å²) in [5.74, 6) is -1.62. The van der Waals surface area contributed by atoms with Crippen LogP contribution in [-0.4, -0.2) is 9.55 Å². The van der Waals surface area contributed by atoms with Gasteiger partial charge in [-0.3, -0.25) is 0 Å². The maximum absolute atomic E-state index is 10.2. The summed E-state index contributed by atoms with van der Waals surface area (Å²) >= 11 is 0. The van der Waals surface area contributed by atoms with Crippen LogP contribution in [0.25, 0.3) is 49.9 Å². The molecule has 0 saturated carbocycles. The Kier molecular flexibility index (Phi) is 9.51. The third-order valence-corrected chi connectivity index (χ3v) is 13.8. The van der Waals surface area contributed by atoms with Gasteiger partial charge in [0.15, 0.2) is 0 Å². The minimum Gasteiger partial charge on any atom is -0.509 e. The summed E-state index contributed by atoms with van der Waals surface area (Å²) in [4.78, 5) is 8.34. The molecule has 1 aliphatic heterocycles. The molecule has 2 aromatic heterocycles. The number of benzene rings is 7. The largest absolute Gasteiger partial charge is 0.509 e.